The summed E-state index contributed by atoms with van der Waals surface area (Å²) in [6.07, 6.45) is 0.312. The smallest absolute Gasteiger partial charge is 0.329 e. The Kier molecular flexibility index (Phi) is 2.17. The second-order valence-electron chi connectivity index (χ2n) is 5.54. The number of benzene rings is 1. The Morgan fingerprint density at radius 2 is 1.89 bits per heavy atom. The zero-order valence-corrected chi connectivity index (χ0v) is 10.8. The SMILES string of the molecule is CC12CC(=O)ON1C(C)(C)C(c1ccccc1)=N2. The number of hydroxylamine groups is 2. The summed E-state index contributed by atoms with van der Waals surface area (Å²) in [4.78, 5) is 21.5. The normalized spacial score (nSPS) is 29.9. The van der Waals surface area contributed by atoms with Crippen molar-refractivity contribution in [2.45, 2.75) is 38.4 Å². The summed E-state index contributed by atoms with van der Waals surface area (Å²) >= 11 is 0. The van der Waals surface area contributed by atoms with Crippen LogP contribution in [0.5, 0.6) is 0 Å². The summed E-state index contributed by atoms with van der Waals surface area (Å²) in [6.45, 7) is 6.00. The Labute approximate surface area is 106 Å². The molecule has 1 atom stereocenters. The van der Waals surface area contributed by atoms with Crippen molar-refractivity contribution in [2.75, 3.05) is 0 Å². The van der Waals surface area contributed by atoms with Crippen LogP contribution in [0, 0.1) is 0 Å². The van der Waals surface area contributed by atoms with E-state index < -0.39 is 11.2 Å². The van der Waals surface area contributed by atoms with E-state index in [1.165, 1.54) is 0 Å². The van der Waals surface area contributed by atoms with Crippen molar-refractivity contribution in [3.05, 3.63) is 35.9 Å². The molecular formula is C14H16N2O2. The van der Waals surface area contributed by atoms with Gasteiger partial charge in [-0.2, -0.15) is 0 Å². The van der Waals surface area contributed by atoms with Gasteiger partial charge in [-0.15, -0.1) is 5.06 Å². The minimum Gasteiger partial charge on any atom is -0.364 e. The average molecular weight is 244 g/mol. The monoisotopic (exact) mass is 244 g/mol. The van der Waals surface area contributed by atoms with Crippen LogP contribution in [-0.2, 0) is 9.63 Å². The molecule has 0 aliphatic carbocycles. The van der Waals surface area contributed by atoms with Crippen molar-refractivity contribution in [3.8, 4) is 0 Å². The van der Waals surface area contributed by atoms with Crippen molar-refractivity contribution < 1.29 is 9.63 Å². The molecule has 0 saturated carbocycles. The molecule has 0 amide bonds. The van der Waals surface area contributed by atoms with E-state index in [9.17, 15) is 4.79 Å². The highest BCUT2D eigenvalue weighted by Crippen LogP contribution is 2.43. The molecule has 1 fully saturated rings. The van der Waals surface area contributed by atoms with Gasteiger partial charge in [-0.3, -0.25) is 9.79 Å². The Morgan fingerprint density at radius 3 is 2.50 bits per heavy atom. The fourth-order valence-corrected chi connectivity index (χ4v) is 2.87. The van der Waals surface area contributed by atoms with E-state index in [-0.39, 0.29) is 5.97 Å². The number of aliphatic imine (C=N–C) groups is 1. The topological polar surface area (TPSA) is 41.9 Å². The molecule has 0 aromatic heterocycles. The summed E-state index contributed by atoms with van der Waals surface area (Å²) in [5, 5.41) is 1.73. The predicted octanol–water partition coefficient (Wildman–Crippen LogP) is 2.15. The molecule has 0 N–H and O–H groups in total. The number of rotatable bonds is 1. The number of nitrogens with zero attached hydrogens (tertiary/aromatic N) is 2. The molecule has 2 aliphatic rings. The summed E-state index contributed by atoms with van der Waals surface area (Å²) in [6, 6.07) is 10.0. The molecule has 3 rings (SSSR count). The molecule has 1 unspecified atom stereocenters. The molecule has 0 bridgehead atoms. The molecule has 2 heterocycles. The zero-order chi connectivity index (χ0) is 13.0. The Hall–Kier alpha value is -1.68. The maximum Gasteiger partial charge on any atom is 0.329 e. The lowest BCUT2D eigenvalue weighted by Gasteiger charge is -2.32. The van der Waals surface area contributed by atoms with Gasteiger partial charge in [0.15, 0.2) is 5.66 Å². The first kappa shape index (κ1) is 11.4. The molecule has 94 valence electrons. The van der Waals surface area contributed by atoms with Crippen LogP contribution < -0.4 is 0 Å². The first-order valence-electron chi connectivity index (χ1n) is 6.10. The third-order valence-electron chi connectivity index (χ3n) is 3.60. The number of hydrogen-bond donors (Lipinski definition) is 0. The van der Waals surface area contributed by atoms with Crippen molar-refractivity contribution in [1.29, 1.82) is 0 Å². The van der Waals surface area contributed by atoms with Gasteiger partial charge in [-0.05, 0) is 26.3 Å². The Balaban J connectivity index is 2.10. The number of carbonyl (C=O) groups excluding carboxylic acids is 1. The minimum absolute atomic E-state index is 0.207. The highest BCUT2D eigenvalue weighted by atomic mass is 16.7. The Morgan fingerprint density at radius 1 is 1.22 bits per heavy atom. The quantitative estimate of drug-likeness (QED) is 0.760. The maximum absolute atomic E-state index is 11.5. The minimum atomic E-state index is -0.564. The van der Waals surface area contributed by atoms with Gasteiger partial charge >= 0.3 is 5.97 Å². The van der Waals surface area contributed by atoms with E-state index in [4.69, 9.17) is 9.83 Å². The summed E-state index contributed by atoms with van der Waals surface area (Å²) in [7, 11) is 0. The average Bonchev–Trinajstić information content (AvgIpc) is 2.72. The van der Waals surface area contributed by atoms with E-state index in [0.717, 1.165) is 11.3 Å². The van der Waals surface area contributed by atoms with E-state index in [0.29, 0.717) is 6.42 Å². The molecule has 4 heteroatoms. The second kappa shape index (κ2) is 3.42. The van der Waals surface area contributed by atoms with E-state index in [2.05, 4.69) is 0 Å². The zero-order valence-electron chi connectivity index (χ0n) is 10.8. The van der Waals surface area contributed by atoms with Gasteiger partial charge < -0.3 is 4.84 Å². The molecule has 4 nitrogen and oxygen atoms in total. The van der Waals surface area contributed by atoms with Crippen molar-refractivity contribution in [1.82, 2.24) is 5.06 Å². The lowest BCUT2D eigenvalue weighted by Crippen LogP contribution is -2.49. The van der Waals surface area contributed by atoms with Gasteiger partial charge in [0.1, 0.15) is 0 Å². The second-order valence-corrected chi connectivity index (χ2v) is 5.54. The molecule has 1 aromatic rings. The highest BCUT2D eigenvalue weighted by molar-refractivity contribution is 6.08. The van der Waals surface area contributed by atoms with Crippen LogP contribution in [-0.4, -0.2) is 27.9 Å². The van der Waals surface area contributed by atoms with Crippen LogP contribution >= 0.6 is 0 Å². The van der Waals surface area contributed by atoms with E-state index in [1.807, 2.05) is 51.1 Å². The van der Waals surface area contributed by atoms with Crippen molar-refractivity contribution in [2.24, 2.45) is 4.99 Å². The van der Waals surface area contributed by atoms with Crippen LogP contribution in [0.1, 0.15) is 32.8 Å². The fraction of sp³-hybridized carbons (Fsp3) is 0.429. The molecule has 2 aliphatic heterocycles. The third-order valence-corrected chi connectivity index (χ3v) is 3.60. The van der Waals surface area contributed by atoms with Crippen LogP contribution in [0.25, 0.3) is 0 Å². The van der Waals surface area contributed by atoms with Gasteiger partial charge in [0.2, 0.25) is 0 Å². The number of hydrogen-bond acceptors (Lipinski definition) is 4. The first-order valence-corrected chi connectivity index (χ1v) is 6.10. The first-order chi connectivity index (χ1) is 8.43. The molecular weight excluding hydrogens is 228 g/mol. The van der Waals surface area contributed by atoms with Crippen molar-refractivity contribution >= 4 is 11.7 Å². The largest absolute Gasteiger partial charge is 0.364 e. The van der Waals surface area contributed by atoms with Gasteiger partial charge in [0.25, 0.3) is 0 Å². The number of carbonyl (C=O) groups is 1. The molecule has 0 spiro atoms. The van der Waals surface area contributed by atoms with E-state index in [1.54, 1.807) is 5.06 Å². The van der Waals surface area contributed by atoms with Crippen LogP contribution in [0.4, 0.5) is 0 Å². The lowest BCUT2D eigenvalue weighted by molar-refractivity contribution is -0.198. The highest BCUT2D eigenvalue weighted by Gasteiger charge is 2.57. The van der Waals surface area contributed by atoms with Gasteiger partial charge in [-0.1, -0.05) is 30.3 Å². The summed E-state index contributed by atoms with van der Waals surface area (Å²) < 4.78 is 0. The standard InChI is InChI=1S/C14H16N2O2/c1-13(2)12(10-7-5-4-6-8-10)15-14(3)9-11(17)18-16(13)14/h4-8H,9H2,1-3H3. The van der Waals surface area contributed by atoms with Crippen LogP contribution in [0.15, 0.2) is 35.3 Å². The van der Waals surface area contributed by atoms with Gasteiger partial charge in [0, 0.05) is 0 Å². The molecule has 1 aromatic carbocycles. The third kappa shape index (κ3) is 1.42. The Bertz CT molecular complexity index is 536. The molecule has 18 heavy (non-hydrogen) atoms. The predicted molar refractivity (Wildman–Crippen MR) is 68.0 cm³/mol. The summed E-state index contributed by atoms with van der Waals surface area (Å²) in [5.74, 6) is -0.207. The van der Waals surface area contributed by atoms with E-state index >= 15 is 0 Å². The van der Waals surface area contributed by atoms with Crippen LogP contribution in [0.2, 0.25) is 0 Å². The van der Waals surface area contributed by atoms with Gasteiger partial charge in [0.05, 0.1) is 17.7 Å². The maximum atomic E-state index is 11.5. The van der Waals surface area contributed by atoms with Gasteiger partial charge in [-0.25, -0.2) is 0 Å². The van der Waals surface area contributed by atoms with Crippen molar-refractivity contribution in [3.63, 3.8) is 0 Å². The molecule has 1 saturated heterocycles. The fourth-order valence-electron chi connectivity index (χ4n) is 2.87. The summed E-state index contributed by atoms with van der Waals surface area (Å²) in [5.41, 5.74) is 1.08. The lowest BCUT2D eigenvalue weighted by atomic mass is 9.93. The van der Waals surface area contributed by atoms with Crippen LogP contribution in [0.3, 0.4) is 0 Å². The molecule has 0 radical (unpaired) electrons. The number of fused-ring (bicyclic) bond motifs is 1.